The summed E-state index contributed by atoms with van der Waals surface area (Å²) in [6, 6.07) is 4.50. The molecule has 5 nitrogen and oxygen atoms in total. The van der Waals surface area contributed by atoms with E-state index in [2.05, 4.69) is 26.0 Å². The summed E-state index contributed by atoms with van der Waals surface area (Å²) in [6.07, 6.45) is 0.357. The van der Waals surface area contributed by atoms with Gasteiger partial charge in [0.1, 0.15) is 0 Å². The van der Waals surface area contributed by atoms with Crippen molar-refractivity contribution in [1.29, 1.82) is 0 Å². The van der Waals surface area contributed by atoms with Gasteiger partial charge in [-0.25, -0.2) is 9.50 Å². The van der Waals surface area contributed by atoms with Crippen molar-refractivity contribution in [3.63, 3.8) is 0 Å². The lowest BCUT2D eigenvalue weighted by Gasteiger charge is -2.30. The first kappa shape index (κ1) is 20.3. The smallest absolute Gasteiger partial charge is 0.337 e. The molecule has 0 N–H and O–H groups in total. The Hall–Kier alpha value is -1.94. The van der Waals surface area contributed by atoms with Gasteiger partial charge in [-0.3, -0.25) is 4.79 Å². The fraction of sp³-hybridized carbons (Fsp3) is 0.421. The molecule has 4 rings (SSSR count). The van der Waals surface area contributed by atoms with Crippen LogP contribution in [0, 0.1) is 0 Å². The molecule has 3 aromatic heterocycles. The van der Waals surface area contributed by atoms with Gasteiger partial charge in [-0.05, 0) is 46.3 Å². The Balaban J connectivity index is 1.82. The number of halogens is 4. The molecule has 1 fully saturated rings. The second-order valence-electron chi connectivity index (χ2n) is 7.11. The van der Waals surface area contributed by atoms with Crippen LogP contribution < -0.4 is 0 Å². The van der Waals surface area contributed by atoms with Crippen LogP contribution in [0.15, 0.2) is 28.1 Å². The van der Waals surface area contributed by atoms with Crippen LogP contribution in [0.1, 0.15) is 48.3 Å². The van der Waals surface area contributed by atoms with Gasteiger partial charge < -0.3 is 4.90 Å². The average molecular weight is 487 g/mol. The van der Waals surface area contributed by atoms with Crippen molar-refractivity contribution in [3.05, 3.63) is 39.4 Å². The number of thiophene rings is 1. The minimum absolute atomic E-state index is 0.0244. The van der Waals surface area contributed by atoms with Crippen molar-refractivity contribution in [3.8, 4) is 10.6 Å². The van der Waals surface area contributed by atoms with E-state index in [0.29, 0.717) is 9.39 Å². The summed E-state index contributed by atoms with van der Waals surface area (Å²) in [6.45, 7) is 0. The standard InChI is InChI=1S/C19H18BrF3N4OS/c1-26(11-6-3-2-4-7-11)18(28)16-15(20)17-24-12(13-8-5-9-29-13)10-14(19(21,22)23)27(17)25-16/h5,8-11H,2-4,6-7H2,1H3. The Morgan fingerprint density at radius 3 is 2.66 bits per heavy atom. The van der Waals surface area contributed by atoms with Crippen LogP contribution in [-0.4, -0.2) is 38.5 Å². The van der Waals surface area contributed by atoms with Gasteiger partial charge in [-0.2, -0.15) is 18.3 Å². The number of hydrogen-bond donors (Lipinski definition) is 0. The van der Waals surface area contributed by atoms with Crippen molar-refractivity contribution in [2.24, 2.45) is 0 Å². The van der Waals surface area contributed by atoms with Crippen molar-refractivity contribution >= 4 is 38.8 Å². The van der Waals surface area contributed by atoms with Gasteiger partial charge in [-0.15, -0.1) is 11.3 Å². The van der Waals surface area contributed by atoms with E-state index in [9.17, 15) is 18.0 Å². The molecule has 3 heterocycles. The number of hydrogen-bond acceptors (Lipinski definition) is 4. The van der Waals surface area contributed by atoms with Gasteiger partial charge in [0, 0.05) is 13.1 Å². The largest absolute Gasteiger partial charge is 0.433 e. The Kier molecular flexibility index (Phi) is 5.41. The van der Waals surface area contributed by atoms with Crippen LogP contribution in [0.4, 0.5) is 13.2 Å². The highest BCUT2D eigenvalue weighted by molar-refractivity contribution is 9.10. The first-order valence-corrected chi connectivity index (χ1v) is 10.9. The van der Waals surface area contributed by atoms with Gasteiger partial charge in [0.15, 0.2) is 17.0 Å². The van der Waals surface area contributed by atoms with E-state index in [0.717, 1.165) is 38.2 Å². The molecule has 0 unspecified atom stereocenters. The number of carbonyl (C=O) groups is 1. The molecule has 0 bridgehead atoms. The molecule has 1 amide bonds. The molecule has 0 radical (unpaired) electrons. The number of nitrogens with zero attached hydrogens (tertiary/aromatic N) is 4. The minimum Gasteiger partial charge on any atom is -0.337 e. The quantitative estimate of drug-likeness (QED) is 0.480. The zero-order valence-corrected chi connectivity index (χ0v) is 17.9. The molecule has 0 aliphatic heterocycles. The maximum atomic E-state index is 13.7. The third-order valence-corrected chi connectivity index (χ3v) is 6.86. The average Bonchev–Trinajstić information content (AvgIpc) is 3.35. The molecule has 1 saturated carbocycles. The predicted octanol–water partition coefficient (Wildman–Crippen LogP) is 5.64. The summed E-state index contributed by atoms with van der Waals surface area (Å²) in [4.78, 5) is 19.6. The monoisotopic (exact) mass is 486 g/mol. The first-order chi connectivity index (χ1) is 13.8. The zero-order valence-electron chi connectivity index (χ0n) is 15.5. The van der Waals surface area contributed by atoms with Crippen LogP contribution in [-0.2, 0) is 6.18 Å². The number of aromatic nitrogens is 3. The zero-order chi connectivity index (χ0) is 20.8. The van der Waals surface area contributed by atoms with E-state index in [-0.39, 0.29) is 27.5 Å². The molecule has 0 atom stereocenters. The lowest BCUT2D eigenvalue weighted by molar-refractivity contribution is -0.142. The number of rotatable bonds is 3. The van der Waals surface area contributed by atoms with E-state index >= 15 is 0 Å². The lowest BCUT2D eigenvalue weighted by Crippen LogP contribution is -2.38. The van der Waals surface area contributed by atoms with Crippen molar-refractivity contribution in [2.45, 2.75) is 44.3 Å². The summed E-state index contributed by atoms with van der Waals surface area (Å²) in [5, 5.41) is 5.79. The van der Waals surface area contributed by atoms with Gasteiger partial charge in [-0.1, -0.05) is 25.3 Å². The van der Waals surface area contributed by atoms with Crippen LogP contribution in [0.5, 0.6) is 0 Å². The van der Waals surface area contributed by atoms with Gasteiger partial charge in [0.05, 0.1) is 15.0 Å². The van der Waals surface area contributed by atoms with Crippen LogP contribution in [0.3, 0.4) is 0 Å². The molecule has 3 aromatic rings. The molecule has 1 aliphatic rings. The third-order valence-electron chi connectivity index (χ3n) is 5.24. The summed E-state index contributed by atoms with van der Waals surface area (Å²) < 4.78 is 42.1. The van der Waals surface area contributed by atoms with Gasteiger partial charge in [0.2, 0.25) is 0 Å². The summed E-state index contributed by atoms with van der Waals surface area (Å²) in [7, 11) is 1.68. The predicted molar refractivity (Wildman–Crippen MR) is 108 cm³/mol. The van der Waals surface area contributed by atoms with E-state index in [1.807, 2.05) is 0 Å². The Labute approximate surface area is 177 Å². The number of amides is 1. The van der Waals surface area contributed by atoms with Crippen molar-refractivity contribution < 1.29 is 18.0 Å². The van der Waals surface area contributed by atoms with E-state index in [4.69, 9.17) is 0 Å². The SMILES string of the molecule is CN(C(=O)c1nn2c(C(F)(F)F)cc(-c3cccs3)nc2c1Br)C1CCCCC1. The molecule has 0 spiro atoms. The Bertz CT molecular complexity index is 1040. The molecule has 154 valence electrons. The second-order valence-corrected chi connectivity index (χ2v) is 8.85. The number of carbonyl (C=O) groups excluding carboxylic acids is 1. The topological polar surface area (TPSA) is 50.5 Å². The fourth-order valence-corrected chi connectivity index (χ4v) is 4.87. The maximum absolute atomic E-state index is 13.7. The number of alkyl halides is 3. The molecular weight excluding hydrogens is 469 g/mol. The summed E-state index contributed by atoms with van der Waals surface area (Å²) >= 11 is 4.58. The first-order valence-electron chi connectivity index (χ1n) is 9.25. The molecule has 1 aliphatic carbocycles. The third kappa shape index (κ3) is 3.79. The van der Waals surface area contributed by atoms with Crippen molar-refractivity contribution in [2.75, 3.05) is 7.05 Å². The fourth-order valence-electron chi connectivity index (χ4n) is 3.68. The molecule has 10 heteroatoms. The maximum Gasteiger partial charge on any atom is 0.433 e. The van der Waals surface area contributed by atoms with Gasteiger partial charge in [0.25, 0.3) is 5.91 Å². The molecular formula is C19H18BrF3N4OS. The Morgan fingerprint density at radius 2 is 2.03 bits per heavy atom. The highest BCUT2D eigenvalue weighted by atomic mass is 79.9. The summed E-state index contributed by atoms with van der Waals surface area (Å²) in [5.41, 5.74) is -0.853. The van der Waals surface area contributed by atoms with Gasteiger partial charge >= 0.3 is 6.18 Å². The number of fused-ring (bicyclic) bond motifs is 1. The lowest BCUT2D eigenvalue weighted by atomic mass is 9.94. The molecule has 0 saturated heterocycles. The van der Waals surface area contributed by atoms with Crippen LogP contribution in [0.25, 0.3) is 16.2 Å². The second kappa shape index (κ2) is 7.71. The highest BCUT2D eigenvalue weighted by Crippen LogP contribution is 2.36. The van der Waals surface area contributed by atoms with Crippen LogP contribution >= 0.6 is 27.3 Å². The normalized spacial score (nSPS) is 15.8. The molecule has 29 heavy (non-hydrogen) atoms. The van der Waals surface area contributed by atoms with Crippen LogP contribution in [0.2, 0.25) is 0 Å². The molecule has 0 aromatic carbocycles. The van der Waals surface area contributed by atoms with E-state index in [1.54, 1.807) is 29.5 Å². The summed E-state index contributed by atoms with van der Waals surface area (Å²) in [5.74, 6) is -0.403. The van der Waals surface area contributed by atoms with E-state index < -0.39 is 17.8 Å². The minimum atomic E-state index is -4.64. The highest BCUT2D eigenvalue weighted by Gasteiger charge is 2.37. The Morgan fingerprint density at radius 1 is 1.31 bits per heavy atom. The van der Waals surface area contributed by atoms with Crippen molar-refractivity contribution in [1.82, 2.24) is 19.5 Å². The van der Waals surface area contributed by atoms with E-state index in [1.165, 1.54) is 11.3 Å².